The molecule has 0 bridgehead atoms. The Bertz CT molecular complexity index is 661. The second-order valence-corrected chi connectivity index (χ2v) is 8.93. The molecule has 6 nitrogen and oxygen atoms in total. The molecule has 1 aliphatic heterocycles. The molecule has 2 unspecified atom stereocenters. The molecule has 0 radical (unpaired) electrons. The maximum atomic E-state index is 12.8. The van der Waals surface area contributed by atoms with E-state index in [4.69, 9.17) is 26.8 Å². The summed E-state index contributed by atoms with van der Waals surface area (Å²) in [4.78, 5) is 0.0427. The van der Waals surface area contributed by atoms with E-state index < -0.39 is 10.0 Å². The first-order valence-electron chi connectivity index (χ1n) is 8.54. The van der Waals surface area contributed by atoms with Crippen LogP contribution in [0.4, 0.5) is 0 Å². The summed E-state index contributed by atoms with van der Waals surface area (Å²) in [6.45, 7) is 6.04. The summed E-state index contributed by atoms with van der Waals surface area (Å²) in [6.07, 6.45) is 1.57. The standard InChI is InChI=1S/C17H27ClN2O4S/c1-12(2)7-15(9-19)20-25(21,22)17-8-14(18)3-4-16(17)24-11-13-5-6-23-10-13/h3-4,8,12-13,15,20H,5-7,9-11,19H2,1-2H3. The van der Waals surface area contributed by atoms with Crippen LogP contribution in [-0.2, 0) is 14.8 Å². The number of sulfonamides is 1. The molecule has 142 valence electrons. The Kier molecular flexibility index (Phi) is 7.51. The molecular formula is C17H27ClN2O4S. The molecule has 25 heavy (non-hydrogen) atoms. The van der Waals surface area contributed by atoms with E-state index in [-0.39, 0.29) is 23.4 Å². The summed E-state index contributed by atoms with van der Waals surface area (Å²) in [5.41, 5.74) is 5.72. The Morgan fingerprint density at radius 1 is 1.44 bits per heavy atom. The third kappa shape index (κ3) is 6.11. The zero-order valence-electron chi connectivity index (χ0n) is 14.7. The van der Waals surface area contributed by atoms with E-state index in [0.717, 1.165) is 13.0 Å². The van der Waals surface area contributed by atoms with Gasteiger partial charge < -0.3 is 15.2 Å². The van der Waals surface area contributed by atoms with Crippen LogP contribution < -0.4 is 15.2 Å². The van der Waals surface area contributed by atoms with Crippen molar-refractivity contribution < 1.29 is 17.9 Å². The second kappa shape index (κ2) is 9.19. The fourth-order valence-corrected chi connectivity index (χ4v) is 4.45. The lowest BCUT2D eigenvalue weighted by Crippen LogP contribution is -2.41. The third-order valence-corrected chi connectivity index (χ3v) is 5.83. The molecule has 2 atom stereocenters. The van der Waals surface area contributed by atoms with Crippen LogP contribution in [0.15, 0.2) is 23.1 Å². The lowest BCUT2D eigenvalue weighted by atomic mass is 10.1. The van der Waals surface area contributed by atoms with Gasteiger partial charge >= 0.3 is 0 Å². The summed E-state index contributed by atoms with van der Waals surface area (Å²) >= 11 is 6.01. The third-order valence-electron chi connectivity index (χ3n) is 4.06. The predicted molar refractivity (Wildman–Crippen MR) is 98.5 cm³/mol. The van der Waals surface area contributed by atoms with Crippen LogP contribution in [-0.4, -0.2) is 40.8 Å². The van der Waals surface area contributed by atoms with Crippen molar-refractivity contribution in [2.24, 2.45) is 17.6 Å². The zero-order valence-corrected chi connectivity index (χ0v) is 16.3. The zero-order chi connectivity index (χ0) is 18.4. The summed E-state index contributed by atoms with van der Waals surface area (Å²) in [5.74, 6) is 0.898. The number of hydrogen-bond acceptors (Lipinski definition) is 5. The van der Waals surface area contributed by atoms with E-state index in [1.807, 2.05) is 13.8 Å². The number of nitrogens with one attached hydrogen (secondary N) is 1. The number of rotatable bonds is 9. The van der Waals surface area contributed by atoms with Crippen molar-refractivity contribution in [3.8, 4) is 5.75 Å². The van der Waals surface area contributed by atoms with Gasteiger partial charge in [-0.15, -0.1) is 0 Å². The normalized spacial score (nSPS) is 19.3. The van der Waals surface area contributed by atoms with E-state index in [0.29, 0.717) is 36.3 Å². The minimum atomic E-state index is -3.79. The molecule has 3 N–H and O–H groups in total. The van der Waals surface area contributed by atoms with E-state index in [1.54, 1.807) is 12.1 Å². The van der Waals surface area contributed by atoms with Crippen LogP contribution in [0.25, 0.3) is 0 Å². The van der Waals surface area contributed by atoms with Crippen LogP contribution in [0.3, 0.4) is 0 Å². The molecule has 0 saturated carbocycles. The number of nitrogens with two attached hydrogens (primary N) is 1. The smallest absolute Gasteiger partial charge is 0.244 e. The molecular weight excluding hydrogens is 364 g/mol. The topological polar surface area (TPSA) is 90.7 Å². The molecule has 8 heteroatoms. The monoisotopic (exact) mass is 390 g/mol. The van der Waals surface area contributed by atoms with Gasteiger partial charge in [0.25, 0.3) is 0 Å². The highest BCUT2D eigenvalue weighted by molar-refractivity contribution is 7.89. The van der Waals surface area contributed by atoms with Gasteiger partial charge in [-0.25, -0.2) is 13.1 Å². The Morgan fingerprint density at radius 3 is 2.80 bits per heavy atom. The quantitative estimate of drug-likeness (QED) is 0.675. The van der Waals surface area contributed by atoms with Crippen LogP contribution in [0.1, 0.15) is 26.7 Å². The Morgan fingerprint density at radius 2 is 2.20 bits per heavy atom. The fraction of sp³-hybridized carbons (Fsp3) is 0.647. The van der Waals surface area contributed by atoms with Gasteiger partial charge in [-0.3, -0.25) is 0 Å². The van der Waals surface area contributed by atoms with Crippen molar-refractivity contribution in [3.63, 3.8) is 0 Å². The van der Waals surface area contributed by atoms with Gasteiger partial charge in [0, 0.05) is 30.1 Å². The fourth-order valence-electron chi connectivity index (χ4n) is 2.78. The van der Waals surface area contributed by atoms with E-state index >= 15 is 0 Å². The molecule has 0 aliphatic carbocycles. The van der Waals surface area contributed by atoms with Gasteiger partial charge in [0.1, 0.15) is 10.6 Å². The van der Waals surface area contributed by atoms with Crippen LogP contribution in [0, 0.1) is 11.8 Å². The highest BCUT2D eigenvalue weighted by Gasteiger charge is 2.25. The van der Waals surface area contributed by atoms with Crippen molar-refractivity contribution in [2.75, 3.05) is 26.4 Å². The maximum Gasteiger partial charge on any atom is 0.244 e. The molecule has 0 aromatic heterocycles. The Labute approximate surface area is 155 Å². The molecule has 0 spiro atoms. The van der Waals surface area contributed by atoms with Crippen LogP contribution >= 0.6 is 11.6 Å². The Balaban J connectivity index is 2.18. The van der Waals surface area contributed by atoms with Gasteiger partial charge in [-0.1, -0.05) is 25.4 Å². The van der Waals surface area contributed by atoms with Crippen molar-refractivity contribution >= 4 is 21.6 Å². The molecule has 1 aromatic rings. The van der Waals surface area contributed by atoms with Gasteiger partial charge in [-0.05, 0) is 37.0 Å². The van der Waals surface area contributed by atoms with Gasteiger partial charge in [-0.2, -0.15) is 0 Å². The SMILES string of the molecule is CC(C)CC(CN)NS(=O)(=O)c1cc(Cl)ccc1OCC1CCOC1. The van der Waals surface area contributed by atoms with E-state index in [9.17, 15) is 8.42 Å². The number of benzene rings is 1. The average molecular weight is 391 g/mol. The summed E-state index contributed by atoms with van der Waals surface area (Å²) < 4.78 is 39.4. The van der Waals surface area contributed by atoms with Crippen molar-refractivity contribution in [1.82, 2.24) is 4.72 Å². The number of ether oxygens (including phenoxy) is 2. The highest BCUT2D eigenvalue weighted by atomic mass is 35.5. The van der Waals surface area contributed by atoms with Crippen molar-refractivity contribution in [1.29, 1.82) is 0 Å². The summed E-state index contributed by atoms with van der Waals surface area (Å²) in [6, 6.07) is 4.29. The average Bonchev–Trinajstić information content (AvgIpc) is 3.05. The summed E-state index contributed by atoms with van der Waals surface area (Å²) in [7, 11) is -3.79. The van der Waals surface area contributed by atoms with Gasteiger partial charge in [0.05, 0.1) is 13.2 Å². The van der Waals surface area contributed by atoms with Crippen LogP contribution in [0.2, 0.25) is 5.02 Å². The summed E-state index contributed by atoms with van der Waals surface area (Å²) in [5, 5.41) is 0.338. The predicted octanol–water partition coefficient (Wildman–Crippen LogP) is 2.41. The van der Waals surface area contributed by atoms with Gasteiger partial charge in [0.15, 0.2) is 0 Å². The van der Waals surface area contributed by atoms with Crippen molar-refractivity contribution in [2.45, 2.75) is 37.6 Å². The number of hydrogen-bond donors (Lipinski definition) is 2. The molecule has 1 saturated heterocycles. The molecule has 1 aromatic carbocycles. The molecule has 1 heterocycles. The molecule has 2 rings (SSSR count). The largest absolute Gasteiger partial charge is 0.492 e. The van der Waals surface area contributed by atoms with Crippen LogP contribution in [0.5, 0.6) is 5.75 Å². The van der Waals surface area contributed by atoms with Crippen molar-refractivity contribution in [3.05, 3.63) is 23.2 Å². The first kappa shape index (κ1) is 20.5. The maximum absolute atomic E-state index is 12.8. The highest BCUT2D eigenvalue weighted by Crippen LogP contribution is 2.28. The van der Waals surface area contributed by atoms with E-state index in [1.165, 1.54) is 6.07 Å². The minimum Gasteiger partial charge on any atom is -0.492 e. The first-order chi connectivity index (χ1) is 11.8. The van der Waals surface area contributed by atoms with E-state index in [2.05, 4.69) is 4.72 Å². The minimum absolute atomic E-state index is 0.0427. The molecule has 1 fully saturated rings. The van der Waals surface area contributed by atoms with Gasteiger partial charge in [0.2, 0.25) is 10.0 Å². The lowest BCUT2D eigenvalue weighted by Gasteiger charge is -2.20. The molecule has 0 amide bonds. The molecule has 1 aliphatic rings. The lowest BCUT2D eigenvalue weighted by molar-refractivity contribution is 0.166. The second-order valence-electron chi connectivity index (χ2n) is 6.82. The Hall–Kier alpha value is -0.860. The number of halogens is 1. The first-order valence-corrected chi connectivity index (χ1v) is 10.4.